The van der Waals surface area contributed by atoms with Gasteiger partial charge in [0.15, 0.2) is 5.76 Å². The van der Waals surface area contributed by atoms with E-state index < -0.39 is 6.23 Å². The monoisotopic (exact) mass is 306 g/mol. The first-order valence-corrected chi connectivity index (χ1v) is 7.31. The summed E-state index contributed by atoms with van der Waals surface area (Å²) in [7, 11) is 0. The van der Waals surface area contributed by atoms with Gasteiger partial charge < -0.3 is 9.15 Å². The maximum absolute atomic E-state index is 11.9. The highest BCUT2D eigenvalue weighted by Crippen LogP contribution is 2.31. The molecule has 1 aromatic heterocycles. The lowest BCUT2D eigenvalue weighted by Gasteiger charge is -2.18. The van der Waals surface area contributed by atoms with E-state index in [4.69, 9.17) is 9.15 Å². The lowest BCUT2D eigenvalue weighted by atomic mass is 10.2. The van der Waals surface area contributed by atoms with Crippen molar-refractivity contribution in [2.75, 3.05) is 0 Å². The minimum absolute atomic E-state index is 0.190. The van der Waals surface area contributed by atoms with Gasteiger partial charge in [-0.3, -0.25) is 4.79 Å². The number of carbonyl (C=O) groups is 1. The fourth-order valence-electron chi connectivity index (χ4n) is 2.59. The third-order valence-corrected chi connectivity index (χ3v) is 3.69. The van der Waals surface area contributed by atoms with Crippen molar-refractivity contribution in [3.63, 3.8) is 0 Å². The molecule has 0 aliphatic carbocycles. The van der Waals surface area contributed by atoms with Crippen LogP contribution in [0.1, 0.15) is 24.5 Å². The van der Waals surface area contributed by atoms with E-state index in [0.717, 1.165) is 16.5 Å². The molecule has 2 heterocycles. The molecular formula is C18H14N2O3. The SMILES string of the molecule is CC(=O)N1N=C(c2cc3ccccc3o2)OC1c1ccccc1. The fourth-order valence-corrected chi connectivity index (χ4v) is 2.59. The molecule has 2 aromatic carbocycles. The summed E-state index contributed by atoms with van der Waals surface area (Å²) in [4.78, 5) is 11.9. The van der Waals surface area contributed by atoms with E-state index in [1.165, 1.54) is 11.9 Å². The van der Waals surface area contributed by atoms with Gasteiger partial charge in [-0.05, 0) is 12.1 Å². The van der Waals surface area contributed by atoms with Gasteiger partial charge in [-0.1, -0.05) is 48.5 Å². The molecule has 0 saturated carbocycles. The molecule has 5 heteroatoms. The van der Waals surface area contributed by atoms with Crippen molar-refractivity contribution in [1.82, 2.24) is 5.01 Å². The van der Waals surface area contributed by atoms with Gasteiger partial charge in [-0.15, -0.1) is 5.10 Å². The predicted molar refractivity (Wildman–Crippen MR) is 85.5 cm³/mol. The average Bonchev–Trinajstić information content (AvgIpc) is 3.19. The number of hydrazone groups is 1. The topological polar surface area (TPSA) is 55.0 Å². The van der Waals surface area contributed by atoms with Crippen LogP contribution in [0.2, 0.25) is 0 Å². The number of para-hydroxylation sites is 1. The standard InChI is InChI=1S/C18H14N2O3/c1-12(21)20-18(13-7-3-2-4-8-13)23-17(19-20)16-11-14-9-5-6-10-15(14)22-16/h2-11,18H,1H3. The lowest BCUT2D eigenvalue weighted by Crippen LogP contribution is -2.25. The van der Waals surface area contributed by atoms with E-state index in [-0.39, 0.29) is 5.91 Å². The van der Waals surface area contributed by atoms with Crippen molar-refractivity contribution in [2.24, 2.45) is 5.10 Å². The Balaban J connectivity index is 1.72. The molecule has 1 aliphatic rings. The number of benzene rings is 2. The van der Waals surface area contributed by atoms with Crippen LogP contribution in [0.25, 0.3) is 11.0 Å². The van der Waals surface area contributed by atoms with Crippen LogP contribution >= 0.6 is 0 Å². The molecule has 1 unspecified atom stereocenters. The van der Waals surface area contributed by atoms with Gasteiger partial charge in [0.1, 0.15) is 5.58 Å². The van der Waals surface area contributed by atoms with E-state index in [0.29, 0.717) is 11.7 Å². The summed E-state index contributed by atoms with van der Waals surface area (Å²) in [6, 6.07) is 19.1. The van der Waals surface area contributed by atoms with Crippen molar-refractivity contribution in [3.05, 3.63) is 72.0 Å². The van der Waals surface area contributed by atoms with Gasteiger partial charge >= 0.3 is 0 Å². The van der Waals surface area contributed by atoms with Gasteiger partial charge in [0.05, 0.1) is 0 Å². The molecular weight excluding hydrogens is 292 g/mol. The number of furan rings is 1. The number of nitrogens with zero attached hydrogens (tertiary/aromatic N) is 2. The normalized spacial score (nSPS) is 17.2. The number of ether oxygens (including phenoxy) is 1. The first-order valence-electron chi connectivity index (χ1n) is 7.31. The largest absolute Gasteiger partial charge is 0.451 e. The van der Waals surface area contributed by atoms with E-state index in [1.54, 1.807) is 0 Å². The summed E-state index contributed by atoms with van der Waals surface area (Å²) in [6.45, 7) is 1.46. The molecule has 0 bridgehead atoms. The van der Waals surface area contributed by atoms with Gasteiger partial charge in [-0.2, -0.15) is 5.01 Å². The Bertz CT molecular complexity index is 866. The van der Waals surface area contributed by atoms with Crippen LogP contribution in [0.5, 0.6) is 0 Å². The number of fused-ring (bicyclic) bond motifs is 1. The lowest BCUT2D eigenvalue weighted by molar-refractivity contribution is -0.135. The van der Waals surface area contributed by atoms with E-state index >= 15 is 0 Å². The molecule has 1 amide bonds. The maximum Gasteiger partial charge on any atom is 0.277 e. The van der Waals surface area contributed by atoms with Crippen LogP contribution in [-0.4, -0.2) is 16.8 Å². The molecule has 1 atom stereocenters. The number of carbonyl (C=O) groups excluding carboxylic acids is 1. The third kappa shape index (κ3) is 2.36. The average molecular weight is 306 g/mol. The summed E-state index contributed by atoms with van der Waals surface area (Å²) in [5, 5.41) is 6.59. The van der Waals surface area contributed by atoms with Crippen molar-refractivity contribution < 1.29 is 13.9 Å². The van der Waals surface area contributed by atoms with Gasteiger partial charge in [0.2, 0.25) is 12.1 Å². The maximum atomic E-state index is 11.9. The second-order valence-electron chi connectivity index (χ2n) is 5.30. The van der Waals surface area contributed by atoms with Crippen molar-refractivity contribution >= 4 is 22.8 Å². The van der Waals surface area contributed by atoms with E-state index in [9.17, 15) is 4.79 Å². The molecule has 0 spiro atoms. The Morgan fingerprint density at radius 3 is 2.57 bits per heavy atom. The summed E-state index contributed by atoms with van der Waals surface area (Å²) in [5.41, 5.74) is 1.61. The molecule has 1 aliphatic heterocycles. The molecule has 0 N–H and O–H groups in total. The molecule has 0 fully saturated rings. The zero-order chi connectivity index (χ0) is 15.8. The molecule has 0 radical (unpaired) electrons. The molecule has 114 valence electrons. The fraction of sp³-hybridized carbons (Fsp3) is 0.111. The Kier molecular flexibility index (Phi) is 3.12. The summed E-state index contributed by atoms with van der Waals surface area (Å²) < 4.78 is 11.7. The van der Waals surface area contributed by atoms with Crippen LogP contribution in [0.3, 0.4) is 0 Å². The van der Waals surface area contributed by atoms with E-state index in [1.807, 2.05) is 60.7 Å². The molecule has 3 aromatic rings. The summed E-state index contributed by atoms with van der Waals surface area (Å²) in [5.74, 6) is 0.631. The zero-order valence-corrected chi connectivity index (χ0v) is 12.5. The van der Waals surface area contributed by atoms with Crippen LogP contribution in [0.15, 0.2) is 70.2 Å². The predicted octanol–water partition coefficient (Wildman–Crippen LogP) is 3.67. The number of hydrogen-bond acceptors (Lipinski definition) is 4. The molecule has 23 heavy (non-hydrogen) atoms. The van der Waals surface area contributed by atoms with Crippen LogP contribution in [0, 0.1) is 0 Å². The highest BCUT2D eigenvalue weighted by Gasteiger charge is 2.34. The second-order valence-corrected chi connectivity index (χ2v) is 5.30. The number of rotatable bonds is 2. The van der Waals surface area contributed by atoms with Crippen LogP contribution < -0.4 is 0 Å². The smallest absolute Gasteiger partial charge is 0.277 e. The van der Waals surface area contributed by atoms with Gasteiger partial charge in [0.25, 0.3) is 5.90 Å². The molecule has 0 saturated heterocycles. The highest BCUT2D eigenvalue weighted by molar-refractivity contribution is 5.97. The Labute approximate surface area is 132 Å². The first kappa shape index (κ1) is 13.6. The van der Waals surface area contributed by atoms with Gasteiger partial charge in [-0.25, -0.2) is 0 Å². The minimum Gasteiger partial charge on any atom is -0.451 e. The third-order valence-electron chi connectivity index (χ3n) is 3.69. The Hall–Kier alpha value is -3.08. The number of hydrogen-bond donors (Lipinski definition) is 0. The second kappa shape index (κ2) is 5.28. The number of amides is 1. The minimum atomic E-state index is -0.572. The summed E-state index contributed by atoms with van der Waals surface area (Å²) in [6.07, 6.45) is -0.572. The highest BCUT2D eigenvalue weighted by atomic mass is 16.5. The van der Waals surface area contributed by atoms with Crippen molar-refractivity contribution in [2.45, 2.75) is 13.2 Å². The van der Waals surface area contributed by atoms with E-state index in [2.05, 4.69) is 5.10 Å². The Morgan fingerprint density at radius 2 is 1.83 bits per heavy atom. The summed E-state index contributed by atoms with van der Waals surface area (Å²) >= 11 is 0. The first-order chi connectivity index (χ1) is 11.2. The molecule has 5 nitrogen and oxygen atoms in total. The van der Waals surface area contributed by atoms with Crippen molar-refractivity contribution in [3.8, 4) is 0 Å². The van der Waals surface area contributed by atoms with Gasteiger partial charge in [0, 0.05) is 17.9 Å². The van der Waals surface area contributed by atoms with Crippen LogP contribution in [0.4, 0.5) is 0 Å². The zero-order valence-electron chi connectivity index (χ0n) is 12.5. The molecule has 4 rings (SSSR count). The Morgan fingerprint density at radius 1 is 1.09 bits per heavy atom. The van der Waals surface area contributed by atoms with Crippen LogP contribution in [-0.2, 0) is 9.53 Å². The van der Waals surface area contributed by atoms with Crippen molar-refractivity contribution in [1.29, 1.82) is 0 Å². The quantitative estimate of drug-likeness (QED) is 0.726.